The van der Waals surface area contributed by atoms with Gasteiger partial charge in [0, 0.05) is 12.8 Å². The molecule has 2 unspecified atom stereocenters. The molecule has 16 heavy (non-hydrogen) atoms. The maximum absolute atomic E-state index is 11.3. The van der Waals surface area contributed by atoms with Crippen LogP contribution in [0.4, 0.5) is 0 Å². The lowest BCUT2D eigenvalue weighted by Gasteiger charge is -2.19. The van der Waals surface area contributed by atoms with Gasteiger partial charge in [-0.25, -0.2) is 4.79 Å². The van der Waals surface area contributed by atoms with Gasteiger partial charge in [0.2, 0.25) is 5.91 Å². The fraction of sp³-hybridized carbons (Fsp3) is 0.667. The summed E-state index contributed by atoms with van der Waals surface area (Å²) < 4.78 is 4.59. The largest absolute Gasteiger partial charge is 0.467 e. The monoisotopic (exact) mass is 229 g/mol. The van der Waals surface area contributed by atoms with Crippen LogP contribution < -0.4 is 5.32 Å². The molecule has 4 nitrogen and oxygen atoms in total. The number of hydrogen-bond donors (Lipinski definition) is 1. The summed E-state index contributed by atoms with van der Waals surface area (Å²) in [7, 11) is 1.31. The van der Waals surface area contributed by atoms with E-state index in [0.29, 0.717) is 0 Å². The van der Waals surface area contributed by atoms with Crippen molar-refractivity contribution in [3.63, 3.8) is 0 Å². The van der Waals surface area contributed by atoms with Gasteiger partial charge in [0.1, 0.15) is 6.04 Å². The molecule has 0 bridgehead atoms. The second-order valence-corrected chi connectivity index (χ2v) is 3.09. The highest BCUT2D eigenvalue weighted by Gasteiger charge is 2.24. The number of carbonyl (C=O) groups excluding carboxylic acids is 2. The normalized spacial score (nSPS) is 13.4. The fourth-order valence-corrected chi connectivity index (χ4v) is 1.17. The number of ether oxygens (including phenoxy) is 1. The Balaban J connectivity index is 0. The van der Waals surface area contributed by atoms with Gasteiger partial charge in [-0.15, -0.1) is 0 Å². The van der Waals surface area contributed by atoms with E-state index in [4.69, 9.17) is 0 Å². The van der Waals surface area contributed by atoms with Crippen LogP contribution in [0.25, 0.3) is 0 Å². The van der Waals surface area contributed by atoms with Crippen LogP contribution in [0.2, 0.25) is 0 Å². The average molecular weight is 229 g/mol. The molecule has 1 N–H and O–H groups in total. The number of esters is 1. The summed E-state index contributed by atoms with van der Waals surface area (Å²) in [6, 6.07) is -0.603. The van der Waals surface area contributed by atoms with Gasteiger partial charge in [-0.05, 0) is 6.92 Å². The Morgan fingerprint density at radius 1 is 1.31 bits per heavy atom. The van der Waals surface area contributed by atoms with Gasteiger partial charge >= 0.3 is 5.97 Å². The molecule has 0 aromatic carbocycles. The zero-order valence-corrected chi connectivity index (χ0v) is 11.0. The highest BCUT2D eigenvalue weighted by molar-refractivity contribution is 5.83. The first-order valence-corrected chi connectivity index (χ1v) is 5.50. The van der Waals surface area contributed by atoms with E-state index in [9.17, 15) is 9.59 Å². The summed E-state index contributed by atoms with van der Waals surface area (Å²) in [5, 5.41) is 2.55. The predicted octanol–water partition coefficient (Wildman–Crippen LogP) is 1.90. The molecule has 1 amide bonds. The molecule has 94 valence electrons. The van der Waals surface area contributed by atoms with Crippen molar-refractivity contribution in [1.29, 1.82) is 0 Å². The Bertz CT molecular complexity index is 236. The van der Waals surface area contributed by atoms with Crippen molar-refractivity contribution < 1.29 is 14.3 Å². The van der Waals surface area contributed by atoms with Crippen molar-refractivity contribution in [1.82, 2.24) is 5.32 Å². The minimum atomic E-state index is -0.603. The summed E-state index contributed by atoms with van der Waals surface area (Å²) in [6.45, 7) is 9.08. The number of amides is 1. The van der Waals surface area contributed by atoms with Crippen molar-refractivity contribution in [2.45, 2.75) is 40.7 Å². The zero-order chi connectivity index (χ0) is 13.1. The Kier molecular flexibility index (Phi) is 10.9. The molecule has 0 aromatic rings. The van der Waals surface area contributed by atoms with Crippen molar-refractivity contribution in [3.8, 4) is 0 Å². The summed E-state index contributed by atoms with van der Waals surface area (Å²) >= 11 is 0. The topological polar surface area (TPSA) is 55.4 Å². The summed E-state index contributed by atoms with van der Waals surface area (Å²) in [5.41, 5.74) is 0. The number of hydrogen-bond acceptors (Lipinski definition) is 3. The molecule has 0 fully saturated rings. The number of allylic oxidation sites excluding steroid dienone is 1. The smallest absolute Gasteiger partial charge is 0.328 e. The van der Waals surface area contributed by atoms with E-state index in [1.165, 1.54) is 14.0 Å². The van der Waals surface area contributed by atoms with Crippen LogP contribution in [0.1, 0.15) is 34.6 Å². The Hall–Kier alpha value is -1.32. The van der Waals surface area contributed by atoms with Crippen LogP contribution in [0.3, 0.4) is 0 Å². The highest BCUT2D eigenvalue weighted by atomic mass is 16.5. The van der Waals surface area contributed by atoms with Crippen LogP contribution in [0, 0.1) is 5.92 Å². The lowest BCUT2D eigenvalue weighted by atomic mass is 10.0. The molecule has 0 aliphatic heterocycles. The van der Waals surface area contributed by atoms with Crippen molar-refractivity contribution in [2.75, 3.05) is 7.11 Å². The molecule has 0 aromatic heterocycles. The first kappa shape index (κ1) is 17.1. The van der Waals surface area contributed by atoms with Crippen LogP contribution >= 0.6 is 0 Å². The molecule has 2 atom stereocenters. The molecule has 0 heterocycles. The Morgan fingerprint density at radius 2 is 1.81 bits per heavy atom. The van der Waals surface area contributed by atoms with Crippen LogP contribution in [-0.4, -0.2) is 25.0 Å². The third-order valence-electron chi connectivity index (χ3n) is 1.84. The zero-order valence-electron chi connectivity index (χ0n) is 11.0. The summed E-state index contributed by atoms with van der Waals surface area (Å²) in [6.07, 6.45) is 3.68. The summed E-state index contributed by atoms with van der Waals surface area (Å²) in [5.74, 6) is -0.737. The van der Waals surface area contributed by atoms with Gasteiger partial charge in [-0.1, -0.05) is 32.9 Å². The van der Waals surface area contributed by atoms with E-state index in [1.807, 2.05) is 39.8 Å². The van der Waals surface area contributed by atoms with Crippen LogP contribution in [0.5, 0.6) is 0 Å². The van der Waals surface area contributed by atoms with Gasteiger partial charge in [0.05, 0.1) is 7.11 Å². The number of methoxy groups -OCH3 is 1. The van der Waals surface area contributed by atoms with Gasteiger partial charge in [-0.3, -0.25) is 4.79 Å². The maximum atomic E-state index is 11.3. The molecule has 0 rings (SSSR count). The van der Waals surface area contributed by atoms with Crippen LogP contribution in [0.15, 0.2) is 12.2 Å². The minimum Gasteiger partial charge on any atom is -0.467 e. The Morgan fingerprint density at radius 3 is 2.12 bits per heavy atom. The van der Waals surface area contributed by atoms with Gasteiger partial charge < -0.3 is 10.1 Å². The standard InChI is InChI=1S/C10H17NO3.C2H6/c1-5-6-7(2)9(10(13)14-4)11-8(3)12;1-2/h5-7,9H,1-4H3,(H,11,12);1-2H3/b6-5-;. The van der Waals surface area contributed by atoms with E-state index in [2.05, 4.69) is 10.1 Å². The predicted molar refractivity (Wildman–Crippen MR) is 64.9 cm³/mol. The molecular formula is C12H23NO3. The highest BCUT2D eigenvalue weighted by Crippen LogP contribution is 2.06. The maximum Gasteiger partial charge on any atom is 0.328 e. The second kappa shape index (κ2) is 10.2. The molecule has 0 aliphatic rings. The lowest BCUT2D eigenvalue weighted by Crippen LogP contribution is -2.44. The Labute approximate surface area is 98.1 Å². The molecule has 0 radical (unpaired) electrons. The van der Waals surface area contributed by atoms with Crippen molar-refractivity contribution in [3.05, 3.63) is 12.2 Å². The quantitative estimate of drug-likeness (QED) is 0.591. The molecule has 0 spiro atoms. The SMILES string of the molecule is C/C=C\C(C)C(NC(C)=O)C(=O)OC.CC. The second-order valence-electron chi connectivity index (χ2n) is 3.09. The first-order valence-electron chi connectivity index (χ1n) is 5.50. The third kappa shape index (κ3) is 7.04. The average Bonchev–Trinajstić information content (AvgIpc) is 2.27. The molecular weight excluding hydrogens is 206 g/mol. The third-order valence-corrected chi connectivity index (χ3v) is 1.84. The molecule has 0 aliphatic carbocycles. The van der Waals surface area contributed by atoms with Crippen LogP contribution in [-0.2, 0) is 14.3 Å². The van der Waals surface area contributed by atoms with E-state index >= 15 is 0 Å². The fourth-order valence-electron chi connectivity index (χ4n) is 1.17. The summed E-state index contributed by atoms with van der Waals surface area (Å²) in [4.78, 5) is 22.1. The van der Waals surface area contributed by atoms with Gasteiger partial charge in [0.15, 0.2) is 0 Å². The van der Waals surface area contributed by atoms with E-state index < -0.39 is 12.0 Å². The number of carbonyl (C=O) groups is 2. The van der Waals surface area contributed by atoms with E-state index in [-0.39, 0.29) is 11.8 Å². The molecule has 0 saturated heterocycles. The minimum absolute atomic E-state index is 0.0728. The van der Waals surface area contributed by atoms with Gasteiger partial charge in [0.25, 0.3) is 0 Å². The first-order chi connectivity index (χ1) is 7.52. The number of nitrogens with one attached hydrogen (secondary N) is 1. The van der Waals surface area contributed by atoms with E-state index in [1.54, 1.807) is 0 Å². The molecule has 4 heteroatoms. The van der Waals surface area contributed by atoms with Crippen molar-refractivity contribution in [2.24, 2.45) is 5.92 Å². The van der Waals surface area contributed by atoms with Crippen molar-refractivity contribution >= 4 is 11.9 Å². The van der Waals surface area contributed by atoms with Gasteiger partial charge in [-0.2, -0.15) is 0 Å². The van der Waals surface area contributed by atoms with E-state index in [0.717, 1.165) is 0 Å². The lowest BCUT2D eigenvalue weighted by molar-refractivity contribution is -0.145. The molecule has 0 saturated carbocycles. The number of rotatable bonds is 4.